The minimum atomic E-state index is -1.95. The van der Waals surface area contributed by atoms with Crippen molar-refractivity contribution in [3.05, 3.63) is 12.2 Å². The molecule has 0 aliphatic rings. The van der Waals surface area contributed by atoms with Crippen LogP contribution in [0.1, 0.15) is 26.7 Å². The van der Waals surface area contributed by atoms with E-state index in [2.05, 4.69) is 6.58 Å². The molecule has 17 heavy (non-hydrogen) atoms. The van der Waals surface area contributed by atoms with E-state index in [1.165, 1.54) is 0 Å². The number of ether oxygens (including phenoxy) is 1. The quantitative estimate of drug-likeness (QED) is 0.417. The van der Waals surface area contributed by atoms with Crippen LogP contribution in [0.15, 0.2) is 12.2 Å². The van der Waals surface area contributed by atoms with Crippen LogP contribution in [0.5, 0.6) is 0 Å². The molecule has 0 N–H and O–H groups in total. The smallest absolute Gasteiger partial charge is 0.334 e. The highest BCUT2D eigenvalue weighted by atomic mass is 28.4. The molecule has 0 heterocycles. The molecule has 1 atom stereocenters. The molecule has 0 saturated carbocycles. The molecule has 0 amide bonds. The van der Waals surface area contributed by atoms with Crippen molar-refractivity contribution in [3.8, 4) is 0 Å². The largest absolute Gasteiger partial charge is 0.517 e. The van der Waals surface area contributed by atoms with Crippen molar-refractivity contribution in [2.24, 2.45) is 0 Å². The van der Waals surface area contributed by atoms with E-state index in [1.54, 1.807) is 6.92 Å². The van der Waals surface area contributed by atoms with Gasteiger partial charge < -0.3 is 9.16 Å². The average molecular weight is 258 g/mol. The van der Waals surface area contributed by atoms with Gasteiger partial charge in [-0.15, -0.1) is 0 Å². The van der Waals surface area contributed by atoms with Crippen molar-refractivity contribution in [1.82, 2.24) is 0 Å². The molecule has 0 aromatic rings. The molecule has 0 aromatic carbocycles. The summed E-state index contributed by atoms with van der Waals surface area (Å²) in [5, 5.41) is 0. The molecular formula is C12H22O4Si. The summed E-state index contributed by atoms with van der Waals surface area (Å²) in [4.78, 5) is 23.2. The number of carbonyl (C=O) groups is 2. The predicted molar refractivity (Wildman–Crippen MR) is 69.0 cm³/mol. The summed E-state index contributed by atoms with van der Waals surface area (Å²) in [6.45, 7) is 12.7. The zero-order valence-corrected chi connectivity index (χ0v) is 12.3. The minimum absolute atomic E-state index is 0.284. The summed E-state index contributed by atoms with van der Waals surface area (Å²) in [5.74, 6) is -0.989. The number of carbonyl (C=O) groups excluding carboxylic acids is 2. The van der Waals surface area contributed by atoms with Gasteiger partial charge in [-0.25, -0.2) is 9.59 Å². The topological polar surface area (TPSA) is 52.6 Å². The Morgan fingerprint density at radius 3 is 2.18 bits per heavy atom. The highest BCUT2D eigenvalue weighted by molar-refractivity contribution is 6.71. The van der Waals surface area contributed by atoms with Crippen molar-refractivity contribution in [1.29, 1.82) is 0 Å². The Hall–Kier alpha value is -1.10. The van der Waals surface area contributed by atoms with Gasteiger partial charge in [0.2, 0.25) is 8.32 Å². The van der Waals surface area contributed by atoms with E-state index in [1.807, 2.05) is 26.6 Å². The Kier molecular flexibility index (Phi) is 6.16. The molecule has 1 unspecified atom stereocenters. The molecule has 0 rings (SSSR count). The molecule has 0 radical (unpaired) electrons. The fourth-order valence-corrected chi connectivity index (χ4v) is 1.82. The van der Waals surface area contributed by atoms with Gasteiger partial charge in [0.05, 0.1) is 0 Å². The molecule has 98 valence electrons. The van der Waals surface area contributed by atoms with Crippen molar-refractivity contribution < 1.29 is 18.8 Å². The van der Waals surface area contributed by atoms with E-state index < -0.39 is 26.4 Å². The van der Waals surface area contributed by atoms with Gasteiger partial charge in [0.1, 0.15) is 0 Å². The second-order valence-corrected chi connectivity index (χ2v) is 9.43. The molecule has 0 aliphatic carbocycles. The van der Waals surface area contributed by atoms with Crippen molar-refractivity contribution in [2.45, 2.75) is 52.4 Å². The maximum absolute atomic E-state index is 11.8. The van der Waals surface area contributed by atoms with Crippen molar-refractivity contribution in [2.75, 3.05) is 0 Å². The zero-order valence-electron chi connectivity index (χ0n) is 11.3. The van der Waals surface area contributed by atoms with Gasteiger partial charge in [-0.05, 0) is 33.0 Å². The first-order valence-corrected chi connectivity index (χ1v) is 9.17. The molecule has 0 aromatic heterocycles. The van der Waals surface area contributed by atoms with Crippen LogP contribution in [0.25, 0.3) is 0 Å². The fourth-order valence-electron chi connectivity index (χ4n) is 1.08. The standard InChI is InChI=1S/C12H22O4Si/c1-7-8-10(15-11(13)9(2)3)12(14)16-17(4,5)6/h10H,2,7-8H2,1,3-6H3. The third-order valence-corrected chi connectivity index (χ3v) is 2.63. The summed E-state index contributed by atoms with van der Waals surface area (Å²) in [6.07, 6.45) is 0.410. The number of rotatable bonds is 6. The average Bonchev–Trinajstić information content (AvgIpc) is 2.13. The van der Waals surface area contributed by atoms with Gasteiger partial charge in [0.15, 0.2) is 6.10 Å². The molecule has 0 fully saturated rings. The van der Waals surface area contributed by atoms with Gasteiger partial charge in [-0.3, -0.25) is 0 Å². The van der Waals surface area contributed by atoms with Gasteiger partial charge in [0, 0.05) is 5.57 Å². The second kappa shape index (κ2) is 6.59. The van der Waals surface area contributed by atoms with E-state index in [9.17, 15) is 9.59 Å². The van der Waals surface area contributed by atoms with Crippen LogP contribution in [-0.4, -0.2) is 26.4 Å². The van der Waals surface area contributed by atoms with Gasteiger partial charge >= 0.3 is 11.9 Å². The Labute approximate surface area is 104 Å². The lowest BCUT2D eigenvalue weighted by molar-refractivity contribution is -0.160. The maximum atomic E-state index is 11.8. The summed E-state index contributed by atoms with van der Waals surface area (Å²) < 4.78 is 10.4. The highest BCUT2D eigenvalue weighted by Gasteiger charge is 2.28. The summed E-state index contributed by atoms with van der Waals surface area (Å²) in [5.41, 5.74) is 0.284. The predicted octanol–water partition coefficient (Wildman–Crippen LogP) is 2.65. The van der Waals surface area contributed by atoms with Gasteiger partial charge in [0.25, 0.3) is 0 Å². The first kappa shape index (κ1) is 15.9. The Morgan fingerprint density at radius 1 is 1.29 bits per heavy atom. The lowest BCUT2D eigenvalue weighted by Crippen LogP contribution is -2.37. The SMILES string of the molecule is C=C(C)C(=O)OC(CCC)C(=O)O[Si](C)(C)C. The van der Waals surface area contributed by atoms with Crippen molar-refractivity contribution >= 4 is 20.3 Å². The minimum Gasteiger partial charge on any atom is -0.517 e. The summed E-state index contributed by atoms with van der Waals surface area (Å²) in [6, 6.07) is 0. The van der Waals surface area contributed by atoms with E-state index >= 15 is 0 Å². The number of esters is 1. The van der Waals surface area contributed by atoms with Crippen molar-refractivity contribution in [3.63, 3.8) is 0 Å². The Balaban J connectivity index is 4.57. The molecule has 0 aliphatic heterocycles. The van der Waals surface area contributed by atoms with Crippen LogP contribution in [-0.2, 0) is 18.8 Å². The molecular weight excluding hydrogens is 236 g/mol. The Morgan fingerprint density at radius 2 is 1.82 bits per heavy atom. The lowest BCUT2D eigenvalue weighted by atomic mass is 10.2. The second-order valence-electron chi connectivity index (χ2n) is 5.00. The molecule has 4 nitrogen and oxygen atoms in total. The number of hydrogen-bond donors (Lipinski definition) is 0. The van der Waals surface area contributed by atoms with Crippen LogP contribution in [0.2, 0.25) is 19.6 Å². The zero-order chi connectivity index (χ0) is 13.6. The van der Waals surface area contributed by atoms with Crippen LogP contribution in [0.3, 0.4) is 0 Å². The molecule has 0 bridgehead atoms. The maximum Gasteiger partial charge on any atom is 0.334 e. The van der Waals surface area contributed by atoms with E-state index in [-0.39, 0.29) is 5.57 Å². The van der Waals surface area contributed by atoms with Gasteiger partial charge in [-0.2, -0.15) is 0 Å². The molecule has 5 heteroatoms. The highest BCUT2D eigenvalue weighted by Crippen LogP contribution is 2.12. The van der Waals surface area contributed by atoms with E-state index in [0.29, 0.717) is 6.42 Å². The molecule has 0 saturated heterocycles. The third kappa shape index (κ3) is 6.94. The van der Waals surface area contributed by atoms with Crippen LogP contribution >= 0.6 is 0 Å². The number of hydrogen-bond acceptors (Lipinski definition) is 4. The van der Waals surface area contributed by atoms with Crippen LogP contribution in [0.4, 0.5) is 0 Å². The Bertz CT molecular complexity index is 304. The van der Waals surface area contributed by atoms with E-state index in [4.69, 9.17) is 9.16 Å². The summed E-state index contributed by atoms with van der Waals surface area (Å²) >= 11 is 0. The van der Waals surface area contributed by atoms with E-state index in [0.717, 1.165) is 6.42 Å². The molecule has 0 spiro atoms. The fraction of sp³-hybridized carbons (Fsp3) is 0.667. The first-order chi connectivity index (χ1) is 7.67. The normalized spacial score (nSPS) is 12.8. The van der Waals surface area contributed by atoms with Crippen LogP contribution in [0, 0.1) is 0 Å². The first-order valence-electron chi connectivity index (χ1n) is 5.76. The van der Waals surface area contributed by atoms with Gasteiger partial charge in [-0.1, -0.05) is 19.9 Å². The lowest BCUT2D eigenvalue weighted by Gasteiger charge is -2.22. The van der Waals surface area contributed by atoms with Crippen LogP contribution < -0.4 is 0 Å². The monoisotopic (exact) mass is 258 g/mol. The summed E-state index contributed by atoms with van der Waals surface area (Å²) in [7, 11) is -1.95. The third-order valence-electron chi connectivity index (χ3n) is 1.82.